The van der Waals surface area contributed by atoms with E-state index in [0.717, 1.165) is 43.8 Å². The zero-order valence-corrected chi connectivity index (χ0v) is 20.9. The molecule has 9 heteroatoms. The number of benzene rings is 4. The Bertz CT molecular complexity index is 2030. The van der Waals surface area contributed by atoms with Gasteiger partial charge in [-0.1, -0.05) is 97.1 Å². The third-order valence-electron chi connectivity index (χ3n) is 7.46. The van der Waals surface area contributed by atoms with Crippen LogP contribution in [0.2, 0.25) is 0 Å². The van der Waals surface area contributed by atoms with E-state index in [1.807, 2.05) is 97.1 Å². The van der Waals surface area contributed by atoms with Crippen molar-refractivity contribution in [2.75, 3.05) is 0 Å². The predicted octanol–water partition coefficient (Wildman–Crippen LogP) is 5.95. The minimum Gasteiger partial charge on any atom is -0.324 e. The van der Waals surface area contributed by atoms with Crippen LogP contribution in [0.4, 0.5) is 0 Å². The topological polar surface area (TPSA) is 109 Å². The number of fused-ring (bicyclic) bond motifs is 20. The van der Waals surface area contributed by atoms with Crippen molar-refractivity contribution in [2.24, 2.45) is 0 Å². The summed E-state index contributed by atoms with van der Waals surface area (Å²) in [7, 11) is 0. The van der Waals surface area contributed by atoms with Crippen LogP contribution in [0.1, 0.15) is 0 Å². The molecule has 2 aliphatic heterocycles. The number of hydrogen-bond acceptors (Lipinski definition) is 6. The maximum Gasteiger partial charge on any atom is 0.164 e. The first-order valence-electron chi connectivity index (χ1n) is 13.0. The van der Waals surface area contributed by atoms with E-state index in [9.17, 15) is 0 Å². The minimum atomic E-state index is 0. The van der Waals surface area contributed by atoms with E-state index in [-0.39, 0.29) is 10.1 Å². The molecule has 190 valence electrons. The van der Waals surface area contributed by atoms with E-state index >= 15 is 0 Å². The molecular formula is C32H20BeN8. The van der Waals surface area contributed by atoms with Crippen LogP contribution < -0.4 is 0 Å². The van der Waals surface area contributed by atoms with Crippen LogP contribution in [0, 0.1) is 0 Å². The Balaban J connectivity index is 0.00000256. The van der Waals surface area contributed by atoms with E-state index in [1.165, 1.54) is 0 Å². The van der Waals surface area contributed by atoms with Gasteiger partial charge in [0, 0.05) is 43.8 Å². The summed E-state index contributed by atoms with van der Waals surface area (Å²) >= 11 is 0. The fraction of sp³-hybridized carbons (Fsp3) is 0. The summed E-state index contributed by atoms with van der Waals surface area (Å²) in [6.45, 7) is 0. The van der Waals surface area contributed by atoms with Crippen molar-refractivity contribution in [3.8, 4) is 45.6 Å². The third kappa shape index (κ3) is 3.45. The Morgan fingerprint density at radius 1 is 0.317 bits per heavy atom. The van der Waals surface area contributed by atoms with Crippen molar-refractivity contribution >= 4 is 54.3 Å². The molecule has 0 spiro atoms. The molecule has 2 N–H and O–H groups in total. The van der Waals surface area contributed by atoms with Gasteiger partial charge in [-0.05, 0) is 0 Å². The summed E-state index contributed by atoms with van der Waals surface area (Å²) < 4.78 is 0. The molecule has 9 rings (SSSR count). The molecule has 5 heterocycles. The fourth-order valence-corrected chi connectivity index (χ4v) is 5.59. The van der Waals surface area contributed by atoms with Gasteiger partial charge in [0.25, 0.3) is 0 Å². The molecule has 0 radical (unpaired) electrons. The second-order valence-corrected chi connectivity index (χ2v) is 9.79. The van der Waals surface area contributed by atoms with Crippen LogP contribution in [0.5, 0.6) is 0 Å². The number of nitrogens with zero attached hydrogens (tertiary/aromatic N) is 6. The SMILES string of the molecule is [BeH2].c1ccc2c(c1)-c1nc-2nc2[nH]c(nc3nc(nc4[nH]c(n1)c1ccccc41)-c1ccccc1-3)c1ccccc21. The second kappa shape index (κ2) is 8.71. The van der Waals surface area contributed by atoms with Gasteiger partial charge >= 0.3 is 10.1 Å². The first kappa shape index (κ1) is 23.3. The second-order valence-electron chi connectivity index (χ2n) is 9.79. The molecule has 0 saturated carbocycles. The van der Waals surface area contributed by atoms with E-state index < -0.39 is 0 Å². The molecule has 41 heavy (non-hydrogen) atoms. The van der Waals surface area contributed by atoms with Crippen LogP contribution in [0.15, 0.2) is 97.1 Å². The predicted molar refractivity (Wildman–Crippen MR) is 165 cm³/mol. The van der Waals surface area contributed by atoms with Crippen molar-refractivity contribution in [3.63, 3.8) is 0 Å². The van der Waals surface area contributed by atoms with Gasteiger partial charge in [0.2, 0.25) is 0 Å². The molecule has 8 bridgehead atoms. The maximum atomic E-state index is 5.02. The van der Waals surface area contributed by atoms with Crippen LogP contribution in [0.3, 0.4) is 0 Å². The molecule has 0 unspecified atom stereocenters. The zero-order valence-electron chi connectivity index (χ0n) is 20.9. The fourth-order valence-electron chi connectivity index (χ4n) is 5.59. The Labute approximate surface area is 236 Å². The summed E-state index contributed by atoms with van der Waals surface area (Å²) in [6.07, 6.45) is 0. The van der Waals surface area contributed by atoms with Gasteiger partial charge in [-0.2, -0.15) is 0 Å². The van der Waals surface area contributed by atoms with Crippen molar-refractivity contribution in [3.05, 3.63) is 97.1 Å². The van der Waals surface area contributed by atoms with Gasteiger partial charge in [0.1, 0.15) is 22.6 Å². The van der Waals surface area contributed by atoms with Crippen molar-refractivity contribution < 1.29 is 0 Å². The average molecular weight is 526 g/mol. The standard InChI is InChI=1S/C32H18N8.Be.2H/c1-2-10-18-17(9-1)25-33-26(18)38-28-21-13-5-6-14-22(21)30(35-28)40-32-24-16-8-7-15-23(24)31(36-32)39-29-20-12-4-3-11-19(20)27(34-29)37-25;;;/h1-16H,(H2,33,34,35,36,37,38,39,40);;;. The van der Waals surface area contributed by atoms with Gasteiger partial charge in [-0.25, -0.2) is 29.9 Å². The number of aromatic amines is 2. The van der Waals surface area contributed by atoms with E-state index in [1.54, 1.807) is 0 Å². The Hall–Kier alpha value is -5.59. The van der Waals surface area contributed by atoms with Crippen molar-refractivity contribution in [2.45, 2.75) is 0 Å². The Kier molecular flexibility index (Phi) is 4.95. The maximum absolute atomic E-state index is 5.02. The molecule has 0 amide bonds. The van der Waals surface area contributed by atoms with Crippen LogP contribution in [-0.4, -0.2) is 50.0 Å². The number of hydrogen-bond donors (Lipinski definition) is 2. The largest absolute Gasteiger partial charge is 0.324 e. The molecule has 4 aromatic carbocycles. The Morgan fingerprint density at radius 3 is 0.829 bits per heavy atom. The Morgan fingerprint density at radius 2 is 0.561 bits per heavy atom. The van der Waals surface area contributed by atoms with E-state index in [2.05, 4.69) is 9.97 Å². The molecule has 0 aliphatic carbocycles. The molecule has 0 fully saturated rings. The molecule has 8 nitrogen and oxygen atoms in total. The monoisotopic (exact) mass is 525 g/mol. The molecule has 2 aliphatic rings. The number of H-pyrrole nitrogens is 2. The molecule has 0 saturated heterocycles. The van der Waals surface area contributed by atoms with Gasteiger partial charge in [0.15, 0.2) is 23.3 Å². The van der Waals surface area contributed by atoms with Gasteiger partial charge in [-0.3, -0.25) is 0 Å². The molecule has 0 atom stereocenters. The average Bonchev–Trinajstić information content (AvgIpc) is 3.73. The van der Waals surface area contributed by atoms with Gasteiger partial charge < -0.3 is 9.97 Å². The summed E-state index contributed by atoms with van der Waals surface area (Å²) in [5.74, 6) is 2.39. The normalized spacial score (nSPS) is 11.7. The molecular weight excluding hydrogens is 505 g/mol. The van der Waals surface area contributed by atoms with Crippen LogP contribution in [-0.2, 0) is 0 Å². The third-order valence-corrected chi connectivity index (χ3v) is 7.46. The van der Waals surface area contributed by atoms with Crippen molar-refractivity contribution in [1.29, 1.82) is 0 Å². The van der Waals surface area contributed by atoms with E-state index in [4.69, 9.17) is 29.9 Å². The molecule has 7 aromatic rings. The van der Waals surface area contributed by atoms with Gasteiger partial charge in [0.05, 0.1) is 0 Å². The number of aromatic nitrogens is 8. The van der Waals surface area contributed by atoms with Crippen LogP contribution in [0.25, 0.3) is 89.7 Å². The van der Waals surface area contributed by atoms with E-state index in [0.29, 0.717) is 45.9 Å². The summed E-state index contributed by atoms with van der Waals surface area (Å²) in [4.78, 5) is 36.8. The number of rotatable bonds is 0. The van der Waals surface area contributed by atoms with Crippen molar-refractivity contribution in [1.82, 2.24) is 39.9 Å². The summed E-state index contributed by atoms with van der Waals surface area (Å²) in [6, 6.07) is 32.2. The van der Waals surface area contributed by atoms with Crippen LogP contribution >= 0.6 is 0 Å². The smallest absolute Gasteiger partial charge is 0.164 e. The summed E-state index contributed by atoms with van der Waals surface area (Å²) in [5, 5.41) is 3.82. The number of nitrogens with one attached hydrogen (secondary N) is 2. The molecule has 3 aromatic heterocycles. The first-order valence-corrected chi connectivity index (χ1v) is 13.0. The zero-order chi connectivity index (χ0) is 26.2. The quantitative estimate of drug-likeness (QED) is 0.237. The summed E-state index contributed by atoms with van der Waals surface area (Å²) in [5.41, 5.74) is 6.45. The van der Waals surface area contributed by atoms with Gasteiger partial charge in [-0.15, -0.1) is 0 Å². The minimum absolute atomic E-state index is 0. The first-order chi connectivity index (χ1) is 19.8.